The molecule has 36 heavy (non-hydrogen) atoms. The Morgan fingerprint density at radius 1 is 1.00 bits per heavy atom. The van der Waals surface area contributed by atoms with Crippen molar-refractivity contribution in [3.8, 4) is 5.69 Å². The lowest BCUT2D eigenvalue weighted by molar-refractivity contribution is 0.166. The maximum atomic E-state index is 13.5. The van der Waals surface area contributed by atoms with Crippen LogP contribution in [0.1, 0.15) is 35.4 Å². The molecule has 3 atom stereocenters. The SMILES string of the molecule is Cc1cc2c(cnn2-c2ccc(F)cc2)cc1C12CN(C(=O)N3CCCC3)CC1C2c1ccccc1. The molecule has 0 N–H and O–H groups in total. The number of aromatic nitrogens is 2. The van der Waals surface area contributed by atoms with Crippen LogP contribution in [0.5, 0.6) is 0 Å². The number of benzene rings is 3. The van der Waals surface area contributed by atoms with Crippen LogP contribution < -0.4 is 0 Å². The zero-order chi connectivity index (χ0) is 24.4. The highest BCUT2D eigenvalue weighted by Crippen LogP contribution is 2.69. The zero-order valence-corrected chi connectivity index (χ0v) is 20.4. The molecule has 1 saturated carbocycles. The van der Waals surface area contributed by atoms with E-state index < -0.39 is 0 Å². The lowest BCUT2D eigenvalue weighted by atomic mass is 9.86. The molecule has 1 aliphatic carbocycles. The van der Waals surface area contributed by atoms with Crippen molar-refractivity contribution in [1.29, 1.82) is 0 Å². The van der Waals surface area contributed by atoms with Gasteiger partial charge in [0.2, 0.25) is 0 Å². The lowest BCUT2D eigenvalue weighted by Gasteiger charge is -2.29. The van der Waals surface area contributed by atoms with Gasteiger partial charge in [-0.2, -0.15) is 5.10 Å². The largest absolute Gasteiger partial charge is 0.325 e. The molecular formula is C30H29FN4O. The third kappa shape index (κ3) is 3.13. The maximum Gasteiger partial charge on any atom is 0.320 e. The number of rotatable bonds is 3. The number of halogens is 1. The quantitative estimate of drug-likeness (QED) is 0.380. The predicted octanol–water partition coefficient (Wildman–Crippen LogP) is 5.66. The van der Waals surface area contributed by atoms with E-state index in [-0.39, 0.29) is 17.3 Å². The minimum atomic E-state index is -0.256. The van der Waals surface area contributed by atoms with Crippen LogP contribution >= 0.6 is 0 Å². The monoisotopic (exact) mass is 480 g/mol. The smallest absolute Gasteiger partial charge is 0.320 e. The number of carbonyl (C=O) groups excluding carboxylic acids is 1. The molecule has 3 aliphatic rings. The van der Waals surface area contributed by atoms with E-state index in [2.05, 4.69) is 59.4 Å². The van der Waals surface area contributed by atoms with Gasteiger partial charge in [0.25, 0.3) is 0 Å². The van der Waals surface area contributed by atoms with Crippen LogP contribution in [0, 0.1) is 18.7 Å². The predicted molar refractivity (Wildman–Crippen MR) is 138 cm³/mol. The van der Waals surface area contributed by atoms with E-state index in [1.54, 1.807) is 12.1 Å². The molecule has 6 heteroatoms. The molecule has 3 unspecified atom stereocenters. The van der Waals surface area contributed by atoms with Crippen LogP contribution in [0.3, 0.4) is 0 Å². The highest BCUT2D eigenvalue weighted by Gasteiger charge is 2.71. The Morgan fingerprint density at radius 3 is 2.50 bits per heavy atom. The minimum absolute atomic E-state index is 0.0764. The Morgan fingerprint density at radius 2 is 1.75 bits per heavy atom. The highest BCUT2D eigenvalue weighted by molar-refractivity contribution is 5.83. The van der Waals surface area contributed by atoms with Crippen molar-refractivity contribution in [3.63, 3.8) is 0 Å². The minimum Gasteiger partial charge on any atom is -0.325 e. The van der Waals surface area contributed by atoms with Gasteiger partial charge in [-0.05, 0) is 78.8 Å². The van der Waals surface area contributed by atoms with Crippen molar-refractivity contribution in [2.24, 2.45) is 5.92 Å². The Hall–Kier alpha value is -3.67. The second-order valence-electron chi connectivity index (χ2n) is 10.7. The number of hydrogen-bond donors (Lipinski definition) is 0. The summed E-state index contributed by atoms with van der Waals surface area (Å²) in [6.07, 6.45) is 4.11. The highest BCUT2D eigenvalue weighted by atomic mass is 19.1. The van der Waals surface area contributed by atoms with Crippen molar-refractivity contribution in [2.75, 3.05) is 26.2 Å². The van der Waals surface area contributed by atoms with E-state index >= 15 is 0 Å². The molecule has 5 nitrogen and oxygen atoms in total. The van der Waals surface area contributed by atoms with Crippen molar-refractivity contribution >= 4 is 16.9 Å². The van der Waals surface area contributed by atoms with Gasteiger partial charge >= 0.3 is 6.03 Å². The number of piperidine rings is 1. The van der Waals surface area contributed by atoms with Gasteiger partial charge in [-0.25, -0.2) is 13.9 Å². The fraction of sp³-hybridized carbons (Fsp3) is 0.333. The van der Waals surface area contributed by atoms with E-state index in [0.717, 1.165) is 55.6 Å². The molecule has 0 spiro atoms. The first kappa shape index (κ1) is 21.6. The van der Waals surface area contributed by atoms with Gasteiger partial charge in [0.05, 0.1) is 17.4 Å². The summed E-state index contributed by atoms with van der Waals surface area (Å²) >= 11 is 0. The van der Waals surface area contributed by atoms with E-state index in [1.165, 1.54) is 28.8 Å². The van der Waals surface area contributed by atoms with Gasteiger partial charge in [-0.3, -0.25) is 0 Å². The summed E-state index contributed by atoms with van der Waals surface area (Å²) in [4.78, 5) is 17.4. The molecule has 2 aliphatic heterocycles. The fourth-order valence-electron chi connectivity index (χ4n) is 6.98. The molecule has 3 fully saturated rings. The average Bonchev–Trinajstić information content (AvgIpc) is 3.40. The number of fused-ring (bicyclic) bond motifs is 2. The first-order valence-corrected chi connectivity index (χ1v) is 12.9. The molecule has 2 saturated heterocycles. The van der Waals surface area contributed by atoms with Crippen molar-refractivity contribution in [1.82, 2.24) is 19.6 Å². The second kappa shape index (κ2) is 7.92. The second-order valence-corrected chi connectivity index (χ2v) is 10.7. The topological polar surface area (TPSA) is 41.4 Å². The number of aryl methyl sites for hydroxylation is 1. The lowest BCUT2D eigenvalue weighted by Crippen LogP contribution is -2.43. The van der Waals surface area contributed by atoms with E-state index in [9.17, 15) is 9.18 Å². The normalized spacial score (nSPS) is 24.9. The number of carbonyl (C=O) groups is 1. The van der Waals surface area contributed by atoms with Crippen LogP contribution in [0.4, 0.5) is 9.18 Å². The number of hydrogen-bond acceptors (Lipinski definition) is 2. The van der Waals surface area contributed by atoms with Gasteiger partial charge in [0, 0.05) is 42.9 Å². The van der Waals surface area contributed by atoms with E-state index in [0.29, 0.717) is 11.8 Å². The summed E-state index contributed by atoms with van der Waals surface area (Å²) in [6, 6.07) is 21.9. The van der Waals surface area contributed by atoms with Crippen LogP contribution in [0.2, 0.25) is 0 Å². The third-order valence-electron chi connectivity index (χ3n) is 8.67. The molecular weight excluding hydrogens is 451 g/mol. The van der Waals surface area contributed by atoms with Crippen molar-refractivity contribution in [3.05, 3.63) is 95.4 Å². The molecule has 3 heterocycles. The number of amides is 2. The first-order valence-electron chi connectivity index (χ1n) is 12.9. The first-order chi connectivity index (χ1) is 17.6. The molecule has 0 radical (unpaired) electrons. The Labute approximate surface area is 210 Å². The molecule has 0 bridgehead atoms. The zero-order valence-electron chi connectivity index (χ0n) is 20.4. The molecule has 182 valence electrons. The van der Waals surface area contributed by atoms with Crippen LogP contribution in [0.25, 0.3) is 16.6 Å². The fourth-order valence-corrected chi connectivity index (χ4v) is 6.98. The number of likely N-dealkylation sites (tertiary alicyclic amines) is 2. The molecule has 2 amide bonds. The van der Waals surface area contributed by atoms with Crippen LogP contribution in [0.15, 0.2) is 72.9 Å². The summed E-state index contributed by atoms with van der Waals surface area (Å²) < 4.78 is 15.4. The molecule has 4 aromatic rings. The summed E-state index contributed by atoms with van der Waals surface area (Å²) in [5, 5.41) is 5.70. The summed E-state index contributed by atoms with van der Waals surface area (Å²) in [5.74, 6) is 0.563. The van der Waals surface area contributed by atoms with Gasteiger partial charge in [0.15, 0.2) is 0 Å². The van der Waals surface area contributed by atoms with Crippen molar-refractivity contribution in [2.45, 2.75) is 31.1 Å². The molecule has 3 aromatic carbocycles. The Bertz CT molecular complexity index is 1460. The van der Waals surface area contributed by atoms with Gasteiger partial charge < -0.3 is 9.80 Å². The molecule has 1 aromatic heterocycles. The van der Waals surface area contributed by atoms with Gasteiger partial charge in [-0.15, -0.1) is 0 Å². The van der Waals surface area contributed by atoms with Crippen molar-refractivity contribution < 1.29 is 9.18 Å². The van der Waals surface area contributed by atoms with Gasteiger partial charge in [-0.1, -0.05) is 30.3 Å². The standard InChI is InChI=1S/C30H29FN4O/c1-20-15-27-22(17-32-35(27)24-11-9-23(31)10-12-24)16-25(20)30-19-34(29(36)33-13-5-6-14-33)18-26(30)28(30)21-7-3-2-4-8-21/h2-4,7-12,15-17,26,28H,5-6,13-14,18-19H2,1H3. The van der Waals surface area contributed by atoms with Crippen LogP contribution in [-0.4, -0.2) is 51.8 Å². The van der Waals surface area contributed by atoms with E-state index in [4.69, 9.17) is 0 Å². The Kier molecular flexibility index (Phi) is 4.75. The summed E-state index contributed by atoms with van der Waals surface area (Å²) in [7, 11) is 0. The van der Waals surface area contributed by atoms with Crippen LogP contribution in [-0.2, 0) is 5.41 Å². The van der Waals surface area contributed by atoms with Gasteiger partial charge in [0.1, 0.15) is 5.82 Å². The average molecular weight is 481 g/mol. The maximum absolute atomic E-state index is 13.5. The number of urea groups is 1. The number of nitrogens with zero attached hydrogens (tertiary/aromatic N) is 4. The summed E-state index contributed by atoms with van der Waals surface area (Å²) in [5.41, 5.74) is 5.67. The Balaban J connectivity index is 1.30. The molecule has 7 rings (SSSR count). The summed E-state index contributed by atoms with van der Waals surface area (Å²) in [6.45, 7) is 5.49. The van der Waals surface area contributed by atoms with E-state index in [1.807, 2.05) is 15.8 Å². The third-order valence-corrected chi connectivity index (χ3v) is 8.67.